The lowest BCUT2D eigenvalue weighted by atomic mass is 10.1. The van der Waals surface area contributed by atoms with Crippen LogP contribution in [0.4, 0.5) is 5.69 Å². The summed E-state index contributed by atoms with van der Waals surface area (Å²) < 4.78 is 7.77. The van der Waals surface area contributed by atoms with Gasteiger partial charge in [0.2, 0.25) is 5.91 Å². The fraction of sp³-hybridized carbons (Fsp3) is 0.125. The molecule has 0 aliphatic carbocycles. The van der Waals surface area contributed by atoms with Crippen LogP contribution in [0.1, 0.15) is 17.2 Å². The van der Waals surface area contributed by atoms with Crippen molar-refractivity contribution in [1.82, 2.24) is 30.2 Å². The van der Waals surface area contributed by atoms with E-state index in [2.05, 4.69) is 30.9 Å². The van der Waals surface area contributed by atoms with Gasteiger partial charge in [0.25, 0.3) is 0 Å². The van der Waals surface area contributed by atoms with Gasteiger partial charge in [-0.2, -0.15) is 5.21 Å². The van der Waals surface area contributed by atoms with E-state index in [1.807, 2.05) is 83.4 Å². The molecule has 0 spiro atoms. The van der Waals surface area contributed by atoms with E-state index in [1.165, 1.54) is 0 Å². The average molecular weight is 439 g/mol. The van der Waals surface area contributed by atoms with Gasteiger partial charge in [-0.05, 0) is 42.0 Å². The molecule has 9 heteroatoms. The molecule has 0 bridgehead atoms. The lowest BCUT2D eigenvalue weighted by Crippen LogP contribution is -2.20. The largest absolute Gasteiger partial charge is 0.486 e. The molecule has 5 rings (SSSR count). The van der Waals surface area contributed by atoms with Crippen LogP contribution >= 0.6 is 0 Å². The number of carbonyl (C=O) groups is 1. The van der Waals surface area contributed by atoms with Crippen molar-refractivity contribution in [1.29, 1.82) is 0 Å². The van der Waals surface area contributed by atoms with Crippen LogP contribution in [0.15, 0.2) is 78.9 Å². The topological polar surface area (TPSA) is 111 Å². The van der Waals surface area contributed by atoms with Crippen molar-refractivity contribution < 1.29 is 9.53 Å². The number of carbonyl (C=O) groups excluding carboxylic acids is 1. The highest BCUT2D eigenvalue weighted by molar-refractivity contribution is 5.91. The molecule has 0 saturated heterocycles. The number of nitrogens with zero attached hydrogens (tertiary/aromatic N) is 5. The smallest absolute Gasteiger partial charge is 0.244 e. The van der Waals surface area contributed by atoms with Crippen molar-refractivity contribution >= 4 is 22.6 Å². The first-order valence-electron chi connectivity index (χ1n) is 10.5. The van der Waals surface area contributed by atoms with Crippen molar-refractivity contribution in [2.24, 2.45) is 0 Å². The Morgan fingerprint density at radius 1 is 0.970 bits per heavy atom. The van der Waals surface area contributed by atoms with Gasteiger partial charge >= 0.3 is 0 Å². The number of aromatic amines is 1. The number of fused-ring (bicyclic) bond motifs is 1. The fourth-order valence-electron chi connectivity index (χ4n) is 3.57. The number of para-hydroxylation sites is 3. The number of aromatic nitrogens is 6. The molecule has 1 amide bonds. The van der Waals surface area contributed by atoms with Gasteiger partial charge < -0.3 is 14.6 Å². The standard InChI is InChI=1S/C24H21N7O2/c32-24(25-18-12-10-17(11-13-18)14-22-27-29-30-28-22)15-31-21-9-5-4-8-20(21)26-23(31)16-33-19-6-2-1-3-7-19/h1-13H,14-16H2,(H,25,32)(H,27,28,29,30). The molecular weight excluding hydrogens is 418 g/mol. The van der Waals surface area contributed by atoms with E-state index in [0.717, 1.165) is 22.3 Å². The van der Waals surface area contributed by atoms with Crippen molar-refractivity contribution in [3.05, 3.63) is 96.1 Å². The van der Waals surface area contributed by atoms with Crippen LogP contribution in [0.3, 0.4) is 0 Å². The Morgan fingerprint density at radius 2 is 1.76 bits per heavy atom. The maximum atomic E-state index is 12.9. The SMILES string of the molecule is O=C(Cn1c(COc2ccccc2)nc2ccccc21)Nc1ccc(Cc2nn[nH]n2)cc1. The first-order chi connectivity index (χ1) is 16.2. The van der Waals surface area contributed by atoms with Crippen molar-refractivity contribution in [2.45, 2.75) is 19.6 Å². The number of nitrogens with one attached hydrogen (secondary N) is 2. The van der Waals surface area contributed by atoms with E-state index in [0.29, 0.717) is 23.8 Å². The first kappa shape index (κ1) is 20.4. The molecule has 164 valence electrons. The molecule has 0 radical (unpaired) electrons. The second kappa shape index (κ2) is 9.31. The monoisotopic (exact) mass is 439 g/mol. The van der Waals surface area contributed by atoms with E-state index in [1.54, 1.807) is 0 Å². The summed E-state index contributed by atoms with van der Waals surface area (Å²) in [4.78, 5) is 17.5. The number of amides is 1. The molecule has 2 aromatic heterocycles. The summed E-state index contributed by atoms with van der Waals surface area (Å²) in [7, 11) is 0. The molecule has 0 aliphatic rings. The zero-order valence-electron chi connectivity index (χ0n) is 17.7. The molecule has 0 unspecified atom stereocenters. The van der Waals surface area contributed by atoms with E-state index in [-0.39, 0.29) is 19.1 Å². The van der Waals surface area contributed by atoms with E-state index >= 15 is 0 Å². The third kappa shape index (κ3) is 4.87. The number of imidazole rings is 1. The minimum Gasteiger partial charge on any atom is -0.486 e. The molecule has 0 fully saturated rings. The second-order valence-corrected chi connectivity index (χ2v) is 7.45. The van der Waals surface area contributed by atoms with E-state index < -0.39 is 0 Å². The maximum absolute atomic E-state index is 12.9. The van der Waals surface area contributed by atoms with Crippen molar-refractivity contribution in [2.75, 3.05) is 5.32 Å². The van der Waals surface area contributed by atoms with Crippen LogP contribution in [0, 0.1) is 0 Å². The van der Waals surface area contributed by atoms with Crippen LogP contribution in [0.2, 0.25) is 0 Å². The minimum absolute atomic E-state index is 0.124. The number of ether oxygens (including phenoxy) is 1. The fourth-order valence-corrected chi connectivity index (χ4v) is 3.57. The average Bonchev–Trinajstić information content (AvgIpc) is 3.48. The maximum Gasteiger partial charge on any atom is 0.244 e. The quantitative estimate of drug-likeness (QED) is 0.384. The van der Waals surface area contributed by atoms with Crippen LogP contribution in [0.5, 0.6) is 5.75 Å². The zero-order chi connectivity index (χ0) is 22.5. The number of benzene rings is 3. The number of hydrogen-bond acceptors (Lipinski definition) is 6. The van der Waals surface area contributed by atoms with Gasteiger partial charge in [-0.15, -0.1) is 10.2 Å². The molecule has 0 atom stereocenters. The first-order valence-corrected chi connectivity index (χ1v) is 10.5. The summed E-state index contributed by atoms with van der Waals surface area (Å²) in [6.45, 7) is 0.384. The summed E-state index contributed by atoms with van der Waals surface area (Å²) >= 11 is 0. The summed E-state index contributed by atoms with van der Waals surface area (Å²) in [5, 5.41) is 16.9. The van der Waals surface area contributed by atoms with Gasteiger partial charge in [0.05, 0.1) is 11.0 Å². The summed E-state index contributed by atoms with van der Waals surface area (Å²) in [6.07, 6.45) is 0.566. The van der Waals surface area contributed by atoms with Gasteiger partial charge in [-0.25, -0.2) is 4.98 Å². The summed E-state index contributed by atoms with van der Waals surface area (Å²) in [5.74, 6) is 1.90. The highest BCUT2D eigenvalue weighted by Gasteiger charge is 2.14. The zero-order valence-corrected chi connectivity index (χ0v) is 17.7. The lowest BCUT2D eigenvalue weighted by molar-refractivity contribution is -0.116. The van der Waals surface area contributed by atoms with Gasteiger partial charge in [-0.1, -0.05) is 47.7 Å². The van der Waals surface area contributed by atoms with Gasteiger partial charge in [-0.3, -0.25) is 4.79 Å². The van der Waals surface area contributed by atoms with Gasteiger partial charge in [0, 0.05) is 12.1 Å². The molecule has 2 heterocycles. The highest BCUT2D eigenvalue weighted by atomic mass is 16.5. The van der Waals surface area contributed by atoms with Crippen LogP contribution in [-0.2, 0) is 24.4 Å². The van der Waals surface area contributed by atoms with Crippen LogP contribution < -0.4 is 10.1 Å². The third-order valence-electron chi connectivity index (χ3n) is 5.14. The number of rotatable bonds is 8. The predicted octanol–water partition coefficient (Wildman–Crippen LogP) is 3.36. The molecule has 9 nitrogen and oxygen atoms in total. The van der Waals surface area contributed by atoms with Crippen LogP contribution in [-0.4, -0.2) is 36.1 Å². The van der Waals surface area contributed by atoms with Crippen LogP contribution in [0.25, 0.3) is 11.0 Å². The number of H-pyrrole nitrogens is 1. The Kier molecular flexibility index (Phi) is 5.75. The Morgan fingerprint density at radius 3 is 2.55 bits per heavy atom. The predicted molar refractivity (Wildman–Crippen MR) is 123 cm³/mol. The molecule has 3 aromatic carbocycles. The summed E-state index contributed by atoms with van der Waals surface area (Å²) in [6, 6.07) is 24.9. The number of tetrazole rings is 1. The molecule has 5 aromatic rings. The molecular formula is C24H21N7O2. The normalized spacial score (nSPS) is 10.9. The third-order valence-corrected chi connectivity index (χ3v) is 5.14. The summed E-state index contributed by atoms with van der Waals surface area (Å²) in [5.41, 5.74) is 3.44. The van der Waals surface area contributed by atoms with Crippen molar-refractivity contribution in [3.63, 3.8) is 0 Å². The molecule has 2 N–H and O–H groups in total. The Balaban J connectivity index is 1.29. The van der Waals surface area contributed by atoms with E-state index in [4.69, 9.17) is 4.74 Å². The van der Waals surface area contributed by atoms with E-state index in [9.17, 15) is 4.79 Å². The minimum atomic E-state index is -0.148. The number of hydrogen-bond donors (Lipinski definition) is 2. The Bertz CT molecular complexity index is 1350. The molecule has 0 aliphatic heterocycles. The second-order valence-electron chi connectivity index (χ2n) is 7.45. The van der Waals surface area contributed by atoms with Crippen molar-refractivity contribution in [3.8, 4) is 5.75 Å². The number of anilines is 1. The van der Waals surface area contributed by atoms with Gasteiger partial charge in [0.15, 0.2) is 5.82 Å². The highest BCUT2D eigenvalue weighted by Crippen LogP contribution is 2.19. The Hall–Kier alpha value is -4.53. The van der Waals surface area contributed by atoms with Gasteiger partial charge in [0.1, 0.15) is 24.7 Å². The lowest BCUT2D eigenvalue weighted by Gasteiger charge is -2.11. The molecule has 0 saturated carbocycles. The molecule has 33 heavy (non-hydrogen) atoms. The Labute approximate surface area is 189 Å².